The molecule has 0 atom stereocenters. The maximum Gasteiger partial charge on any atom is 0.189 e. The SMILES string of the molecule is CSc1nc(Nc2ccc(Br)cc2)c(C#N)c(-c2ccc(Cl)cc2)n1. The van der Waals surface area contributed by atoms with Crippen molar-refractivity contribution >= 4 is 50.8 Å². The van der Waals surface area contributed by atoms with Gasteiger partial charge in [-0.15, -0.1) is 0 Å². The van der Waals surface area contributed by atoms with Gasteiger partial charge in [0.2, 0.25) is 0 Å². The second-order valence-corrected chi connectivity index (χ2v) is 7.16. The summed E-state index contributed by atoms with van der Waals surface area (Å²) < 4.78 is 0.980. The summed E-state index contributed by atoms with van der Waals surface area (Å²) in [7, 11) is 0. The van der Waals surface area contributed by atoms with Crippen LogP contribution in [0.2, 0.25) is 5.02 Å². The third-order valence-corrected chi connectivity index (χ3v) is 4.74. The Labute approximate surface area is 163 Å². The normalized spacial score (nSPS) is 10.3. The molecule has 0 radical (unpaired) electrons. The zero-order chi connectivity index (χ0) is 17.8. The third-order valence-electron chi connectivity index (χ3n) is 3.41. The van der Waals surface area contributed by atoms with Crippen LogP contribution in [0.3, 0.4) is 0 Å². The van der Waals surface area contributed by atoms with E-state index >= 15 is 0 Å². The van der Waals surface area contributed by atoms with Gasteiger partial charge in [0.1, 0.15) is 11.6 Å². The van der Waals surface area contributed by atoms with Crippen LogP contribution in [0.25, 0.3) is 11.3 Å². The lowest BCUT2D eigenvalue weighted by Gasteiger charge is -2.12. The fraction of sp³-hybridized carbons (Fsp3) is 0.0556. The Morgan fingerprint density at radius 2 is 1.76 bits per heavy atom. The second kappa shape index (κ2) is 7.87. The zero-order valence-corrected chi connectivity index (χ0v) is 16.3. The van der Waals surface area contributed by atoms with Crippen LogP contribution in [-0.2, 0) is 0 Å². The van der Waals surface area contributed by atoms with Crippen LogP contribution >= 0.6 is 39.3 Å². The Morgan fingerprint density at radius 3 is 2.36 bits per heavy atom. The smallest absolute Gasteiger partial charge is 0.189 e. The van der Waals surface area contributed by atoms with Gasteiger partial charge in [0.05, 0.1) is 5.69 Å². The minimum Gasteiger partial charge on any atom is -0.339 e. The zero-order valence-electron chi connectivity index (χ0n) is 13.1. The lowest BCUT2D eigenvalue weighted by molar-refractivity contribution is 0.975. The van der Waals surface area contributed by atoms with Crippen molar-refractivity contribution in [2.24, 2.45) is 0 Å². The van der Waals surface area contributed by atoms with E-state index in [9.17, 15) is 5.26 Å². The lowest BCUT2D eigenvalue weighted by Crippen LogP contribution is -2.03. The van der Waals surface area contributed by atoms with Gasteiger partial charge in [0.25, 0.3) is 0 Å². The Hall–Kier alpha value is -2.07. The van der Waals surface area contributed by atoms with E-state index in [4.69, 9.17) is 11.6 Å². The standard InChI is InChI=1S/C18H12BrClN4S/c1-25-18-23-16(11-2-6-13(20)7-3-11)15(10-21)17(24-18)22-14-8-4-12(19)5-9-14/h2-9H,1H3,(H,22,23,24). The van der Waals surface area contributed by atoms with Crippen LogP contribution in [0.1, 0.15) is 5.56 Å². The first-order valence-corrected chi connectivity index (χ1v) is 9.65. The van der Waals surface area contributed by atoms with Crippen LogP contribution in [0, 0.1) is 11.3 Å². The van der Waals surface area contributed by atoms with E-state index in [0.717, 1.165) is 15.7 Å². The summed E-state index contributed by atoms with van der Waals surface area (Å²) >= 11 is 10.8. The van der Waals surface area contributed by atoms with Crippen LogP contribution in [0.4, 0.5) is 11.5 Å². The van der Waals surface area contributed by atoms with Crippen molar-refractivity contribution in [3.05, 3.63) is 63.6 Å². The largest absolute Gasteiger partial charge is 0.339 e. The molecule has 0 saturated carbocycles. The highest BCUT2D eigenvalue weighted by atomic mass is 79.9. The molecule has 1 N–H and O–H groups in total. The highest BCUT2D eigenvalue weighted by molar-refractivity contribution is 9.10. The molecule has 1 heterocycles. The molecule has 0 amide bonds. The molecule has 0 spiro atoms. The molecular weight excluding hydrogens is 420 g/mol. The van der Waals surface area contributed by atoms with E-state index < -0.39 is 0 Å². The van der Waals surface area contributed by atoms with Gasteiger partial charge >= 0.3 is 0 Å². The molecule has 4 nitrogen and oxygen atoms in total. The average molecular weight is 432 g/mol. The Bertz CT molecular complexity index is 937. The van der Waals surface area contributed by atoms with Gasteiger partial charge in [-0.05, 0) is 42.7 Å². The molecule has 0 aliphatic rings. The summed E-state index contributed by atoms with van der Waals surface area (Å²) in [6, 6.07) is 17.1. The van der Waals surface area contributed by atoms with Crippen molar-refractivity contribution in [3.8, 4) is 17.3 Å². The number of hydrogen-bond donors (Lipinski definition) is 1. The molecule has 3 rings (SSSR count). The van der Waals surface area contributed by atoms with E-state index in [1.807, 2.05) is 42.7 Å². The van der Waals surface area contributed by atoms with E-state index in [1.54, 1.807) is 12.1 Å². The molecule has 0 saturated heterocycles. The van der Waals surface area contributed by atoms with Crippen LogP contribution < -0.4 is 5.32 Å². The van der Waals surface area contributed by atoms with Gasteiger partial charge in [-0.25, -0.2) is 9.97 Å². The van der Waals surface area contributed by atoms with Crippen molar-refractivity contribution in [2.75, 3.05) is 11.6 Å². The van der Waals surface area contributed by atoms with Crippen molar-refractivity contribution in [1.29, 1.82) is 5.26 Å². The molecule has 7 heteroatoms. The maximum atomic E-state index is 9.69. The van der Waals surface area contributed by atoms with Gasteiger partial charge in [-0.1, -0.05) is 51.4 Å². The second-order valence-electron chi connectivity index (χ2n) is 5.03. The summed E-state index contributed by atoms with van der Waals surface area (Å²) in [5.74, 6) is 0.481. The molecule has 124 valence electrons. The summed E-state index contributed by atoms with van der Waals surface area (Å²) in [5, 5.41) is 14.1. The number of thioether (sulfide) groups is 1. The van der Waals surface area contributed by atoms with Gasteiger partial charge in [-0.3, -0.25) is 0 Å². The first-order valence-electron chi connectivity index (χ1n) is 7.25. The Kier molecular flexibility index (Phi) is 5.59. The Morgan fingerprint density at radius 1 is 1.08 bits per heavy atom. The van der Waals surface area contributed by atoms with Gasteiger partial charge < -0.3 is 5.32 Å². The van der Waals surface area contributed by atoms with Crippen LogP contribution in [0.5, 0.6) is 0 Å². The minimum absolute atomic E-state index is 0.392. The number of benzene rings is 2. The van der Waals surface area contributed by atoms with E-state index in [2.05, 4.69) is 37.3 Å². The quantitative estimate of drug-likeness (QED) is 0.412. The molecule has 3 aromatic rings. The van der Waals surface area contributed by atoms with Gasteiger partial charge in [0, 0.05) is 20.7 Å². The number of halogens is 2. The predicted octanol–water partition coefficient (Wildman–Crippen LogP) is 5.90. The molecule has 0 aliphatic carbocycles. The summed E-state index contributed by atoms with van der Waals surface area (Å²) in [4.78, 5) is 8.98. The highest BCUT2D eigenvalue weighted by Crippen LogP contribution is 2.31. The van der Waals surface area contributed by atoms with E-state index in [1.165, 1.54) is 11.8 Å². The summed E-state index contributed by atoms with van der Waals surface area (Å²) in [6.07, 6.45) is 1.90. The monoisotopic (exact) mass is 430 g/mol. The van der Waals surface area contributed by atoms with Crippen LogP contribution in [-0.4, -0.2) is 16.2 Å². The molecule has 0 aliphatic heterocycles. The minimum atomic E-state index is 0.392. The van der Waals surface area contributed by atoms with Crippen molar-refractivity contribution in [3.63, 3.8) is 0 Å². The number of nitriles is 1. The predicted molar refractivity (Wildman–Crippen MR) is 106 cm³/mol. The third kappa shape index (κ3) is 4.13. The summed E-state index contributed by atoms with van der Waals surface area (Å²) in [5.41, 5.74) is 2.63. The lowest BCUT2D eigenvalue weighted by atomic mass is 10.1. The molecule has 0 bridgehead atoms. The Balaban J connectivity index is 2.11. The van der Waals surface area contributed by atoms with Crippen molar-refractivity contribution < 1.29 is 0 Å². The first-order chi connectivity index (χ1) is 12.1. The first kappa shape index (κ1) is 17.7. The molecule has 25 heavy (non-hydrogen) atoms. The molecule has 0 fully saturated rings. The maximum absolute atomic E-state index is 9.69. The molecule has 1 aromatic heterocycles. The fourth-order valence-electron chi connectivity index (χ4n) is 2.21. The van der Waals surface area contributed by atoms with Crippen molar-refractivity contribution in [2.45, 2.75) is 5.16 Å². The van der Waals surface area contributed by atoms with Crippen molar-refractivity contribution in [1.82, 2.24) is 9.97 Å². The number of rotatable bonds is 4. The number of anilines is 2. The number of nitrogens with zero attached hydrogens (tertiary/aromatic N) is 3. The average Bonchev–Trinajstić information content (AvgIpc) is 2.63. The number of hydrogen-bond acceptors (Lipinski definition) is 5. The van der Waals surface area contributed by atoms with E-state index in [0.29, 0.717) is 27.3 Å². The number of nitrogens with one attached hydrogen (secondary N) is 1. The van der Waals surface area contributed by atoms with Crippen LogP contribution in [0.15, 0.2) is 58.2 Å². The molecule has 2 aromatic carbocycles. The topological polar surface area (TPSA) is 61.6 Å². The number of aromatic nitrogens is 2. The molecular formula is C18H12BrClN4S. The van der Waals surface area contributed by atoms with Gasteiger partial charge in [-0.2, -0.15) is 5.26 Å². The highest BCUT2D eigenvalue weighted by Gasteiger charge is 2.16. The van der Waals surface area contributed by atoms with Gasteiger partial charge in [0.15, 0.2) is 11.0 Å². The summed E-state index contributed by atoms with van der Waals surface area (Å²) in [6.45, 7) is 0. The van der Waals surface area contributed by atoms with E-state index in [-0.39, 0.29) is 0 Å². The molecule has 0 unspecified atom stereocenters. The fourth-order valence-corrected chi connectivity index (χ4v) is 2.97.